The normalized spacial score (nSPS) is 24.1. The van der Waals surface area contributed by atoms with Crippen molar-refractivity contribution in [1.29, 1.82) is 0 Å². The van der Waals surface area contributed by atoms with Crippen LogP contribution in [0, 0.1) is 0 Å². The van der Waals surface area contributed by atoms with E-state index in [9.17, 15) is 14.7 Å². The van der Waals surface area contributed by atoms with Crippen molar-refractivity contribution >= 4 is 35.4 Å². The second kappa shape index (κ2) is 5.94. The van der Waals surface area contributed by atoms with Gasteiger partial charge in [0.05, 0.1) is 0 Å². The van der Waals surface area contributed by atoms with Crippen molar-refractivity contribution in [2.24, 2.45) is 12.8 Å². The first kappa shape index (κ1) is 15.4. The molecule has 1 aromatic heterocycles. The average Bonchev–Trinajstić information content (AvgIpc) is 2.52. The maximum Gasteiger partial charge on any atom is 0.352 e. The van der Waals surface area contributed by atoms with Crippen molar-refractivity contribution in [3.05, 3.63) is 35.8 Å². The van der Waals surface area contributed by atoms with Gasteiger partial charge in [0.1, 0.15) is 24.2 Å². The van der Waals surface area contributed by atoms with E-state index in [1.807, 2.05) is 36.1 Å². The van der Waals surface area contributed by atoms with Crippen LogP contribution in [-0.4, -0.2) is 44.8 Å². The molecule has 2 atom stereocenters. The number of carboxylic acid groups (broad SMARTS) is 1. The van der Waals surface area contributed by atoms with Gasteiger partial charge in [-0.3, -0.25) is 9.69 Å². The number of aliphatic carboxylic acids is 1. The third-order valence-corrected chi connectivity index (χ3v) is 6.11. The van der Waals surface area contributed by atoms with Gasteiger partial charge >= 0.3 is 5.97 Å². The van der Waals surface area contributed by atoms with E-state index in [2.05, 4.69) is 0 Å². The molecule has 22 heavy (non-hydrogen) atoms. The lowest BCUT2D eigenvalue weighted by molar-refractivity contribution is -0.671. The van der Waals surface area contributed by atoms with Gasteiger partial charge in [-0.25, -0.2) is 9.36 Å². The van der Waals surface area contributed by atoms with E-state index >= 15 is 0 Å². The number of aromatic nitrogens is 1. The summed E-state index contributed by atoms with van der Waals surface area (Å²) in [7, 11) is 1.94. The summed E-state index contributed by atoms with van der Waals surface area (Å²) in [5, 5.41) is 9.22. The van der Waals surface area contributed by atoms with E-state index in [-0.39, 0.29) is 17.0 Å². The monoisotopic (exact) mass is 338 g/mol. The molecule has 2 aliphatic rings. The molecule has 6 nitrogen and oxygen atoms in total. The predicted molar refractivity (Wildman–Crippen MR) is 84.1 cm³/mol. The number of nitrogens with zero attached hydrogens (tertiary/aromatic N) is 2. The summed E-state index contributed by atoms with van der Waals surface area (Å²) in [6.07, 6.45) is 3.89. The zero-order valence-corrected chi connectivity index (χ0v) is 13.6. The van der Waals surface area contributed by atoms with Crippen LogP contribution < -0.4 is 10.3 Å². The second-order valence-corrected chi connectivity index (χ2v) is 7.33. The van der Waals surface area contributed by atoms with Crippen molar-refractivity contribution in [3.63, 3.8) is 0 Å². The molecule has 1 unspecified atom stereocenters. The highest BCUT2D eigenvalue weighted by Crippen LogP contribution is 2.40. The van der Waals surface area contributed by atoms with Gasteiger partial charge in [0.15, 0.2) is 12.4 Å². The van der Waals surface area contributed by atoms with E-state index in [0.717, 1.165) is 10.5 Å². The van der Waals surface area contributed by atoms with Crippen molar-refractivity contribution in [3.8, 4) is 0 Å². The maximum atomic E-state index is 11.8. The highest BCUT2D eigenvalue weighted by atomic mass is 32.2. The number of carboxylic acids is 1. The summed E-state index contributed by atoms with van der Waals surface area (Å²) >= 11 is 3.10. The summed E-state index contributed by atoms with van der Waals surface area (Å²) in [6, 6.07) is 3.38. The number of rotatable bonds is 4. The van der Waals surface area contributed by atoms with Crippen LogP contribution in [0.4, 0.5) is 0 Å². The summed E-state index contributed by atoms with van der Waals surface area (Å²) in [5.41, 5.74) is 6.61. The molecule has 0 spiro atoms. The Morgan fingerprint density at radius 2 is 2.23 bits per heavy atom. The molecule has 2 aliphatic heterocycles. The summed E-state index contributed by atoms with van der Waals surface area (Å²) in [6.45, 7) is 0. The average molecular weight is 338 g/mol. The van der Waals surface area contributed by atoms with Crippen LogP contribution in [0.3, 0.4) is 0 Å². The Bertz CT molecular complexity index is 660. The Kier molecular flexibility index (Phi) is 4.16. The number of β-lactam (4-membered cyclic amide) rings is 1. The number of amides is 1. The Morgan fingerprint density at radius 1 is 1.55 bits per heavy atom. The third kappa shape index (κ3) is 2.62. The maximum absolute atomic E-state index is 11.8. The molecule has 1 amide bonds. The van der Waals surface area contributed by atoms with Crippen LogP contribution >= 0.6 is 23.5 Å². The van der Waals surface area contributed by atoms with Crippen molar-refractivity contribution < 1.29 is 19.3 Å². The van der Waals surface area contributed by atoms with Crippen LogP contribution in [0.15, 0.2) is 40.7 Å². The van der Waals surface area contributed by atoms with Crippen molar-refractivity contribution in [2.75, 3.05) is 11.5 Å². The van der Waals surface area contributed by atoms with Crippen LogP contribution in [0.25, 0.3) is 0 Å². The minimum atomic E-state index is -1.05. The Labute approximate surface area is 136 Å². The molecule has 116 valence electrons. The molecule has 1 aromatic rings. The van der Waals surface area contributed by atoms with E-state index in [1.165, 1.54) is 16.7 Å². The molecule has 3 N–H and O–H groups in total. The lowest BCUT2D eigenvalue weighted by atomic mass is 10.0. The van der Waals surface area contributed by atoms with Gasteiger partial charge in [-0.2, -0.15) is 0 Å². The lowest BCUT2D eigenvalue weighted by Crippen LogP contribution is -2.68. The van der Waals surface area contributed by atoms with Crippen LogP contribution in [0.2, 0.25) is 0 Å². The number of hydrogen-bond donors (Lipinski definition) is 2. The Morgan fingerprint density at radius 3 is 2.86 bits per heavy atom. The standard InChI is InChI=1S/C14H15N3O3S2/c1-16-4-2-9(3-5-16)21-6-8-7-22-13-10(15)12(18)17(13)11(8)14(19)20/h2-5,10,13H,6-7,15H2,1H3/p+1/t10?,13-/m0/s1. The Balaban J connectivity index is 1.79. The molecule has 8 heteroatoms. The van der Waals surface area contributed by atoms with Gasteiger partial charge in [0.2, 0.25) is 5.91 Å². The van der Waals surface area contributed by atoms with Gasteiger partial charge in [-0.15, -0.1) is 23.5 Å². The van der Waals surface area contributed by atoms with Gasteiger partial charge in [0.25, 0.3) is 0 Å². The summed E-state index contributed by atoms with van der Waals surface area (Å²) in [4.78, 5) is 25.8. The minimum absolute atomic E-state index is 0.115. The van der Waals surface area contributed by atoms with Gasteiger partial charge in [-0.05, 0) is 5.57 Å². The predicted octanol–water partition coefficient (Wildman–Crippen LogP) is 0.184. The molecule has 0 bridgehead atoms. The number of pyridine rings is 1. The van der Waals surface area contributed by atoms with E-state index in [4.69, 9.17) is 5.73 Å². The van der Waals surface area contributed by atoms with Gasteiger partial charge < -0.3 is 10.8 Å². The SMILES string of the molecule is C[n+]1ccc(SCC2=C(C(=O)O)N3C(=O)C(N)[C@@H]3SC2)cc1. The fourth-order valence-electron chi connectivity index (χ4n) is 2.45. The highest BCUT2D eigenvalue weighted by molar-refractivity contribution is 8.01. The molecular weight excluding hydrogens is 322 g/mol. The third-order valence-electron chi connectivity index (χ3n) is 3.65. The van der Waals surface area contributed by atoms with Gasteiger partial charge in [-0.1, -0.05) is 0 Å². The molecule has 0 saturated carbocycles. The molecule has 0 aromatic carbocycles. The second-order valence-electron chi connectivity index (χ2n) is 5.18. The summed E-state index contributed by atoms with van der Waals surface area (Å²) in [5.74, 6) is -0.213. The zero-order valence-electron chi connectivity index (χ0n) is 11.9. The van der Waals surface area contributed by atoms with Gasteiger partial charge in [0, 0.05) is 28.5 Å². The molecule has 3 rings (SSSR count). The number of aryl methyl sites for hydroxylation is 1. The molecule has 3 heterocycles. The first-order valence-corrected chi connectivity index (χ1v) is 8.76. The smallest absolute Gasteiger partial charge is 0.352 e. The molecule has 0 aliphatic carbocycles. The first-order chi connectivity index (χ1) is 10.5. The molecule has 1 saturated heterocycles. The number of carbonyl (C=O) groups excluding carboxylic acids is 1. The van der Waals surface area contributed by atoms with Crippen LogP contribution in [-0.2, 0) is 16.6 Å². The largest absolute Gasteiger partial charge is 0.477 e. The number of hydrogen-bond acceptors (Lipinski definition) is 5. The fourth-order valence-corrected chi connectivity index (χ4v) is 4.76. The topological polar surface area (TPSA) is 87.5 Å². The quantitative estimate of drug-likeness (QED) is 0.463. The molecule has 1 fully saturated rings. The van der Waals surface area contributed by atoms with E-state index < -0.39 is 12.0 Å². The number of thioether (sulfide) groups is 2. The van der Waals surface area contributed by atoms with Crippen molar-refractivity contribution in [2.45, 2.75) is 16.3 Å². The molecule has 0 radical (unpaired) electrons. The number of nitrogens with two attached hydrogens (primary N) is 1. The highest BCUT2D eigenvalue weighted by Gasteiger charge is 2.51. The minimum Gasteiger partial charge on any atom is -0.477 e. The zero-order chi connectivity index (χ0) is 15.9. The summed E-state index contributed by atoms with van der Waals surface area (Å²) < 4.78 is 1.94. The van der Waals surface area contributed by atoms with E-state index in [1.54, 1.807) is 11.8 Å². The Hall–Kier alpha value is -1.51. The molecular formula is C14H16N3O3S2+. The lowest BCUT2D eigenvalue weighted by Gasteiger charge is -2.48. The van der Waals surface area contributed by atoms with Crippen molar-refractivity contribution in [1.82, 2.24) is 4.90 Å². The number of fused-ring (bicyclic) bond motifs is 1. The number of carbonyl (C=O) groups is 2. The van der Waals surface area contributed by atoms with Crippen LogP contribution in [0.5, 0.6) is 0 Å². The van der Waals surface area contributed by atoms with E-state index in [0.29, 0.717) is 11.5 Å². The van der Waals surface area contributed by atoms with Crippen LogP contribution in [0.1, 0.15) is 0 Å². The first-order valence-electron chi connectivity index (χ1n) is 6.72. The fraction of sp³-hybridized carbons (Fsp3) is 0.357.